The van der Waals surface area contributed by atoms with Gasteiger partial charge in [0, 0.05) is 31.2 Å². The van der Waals surface area contributed by atoms with Crippen LogP contribution in [-0.2, 0) is 12.7 Å². The average molecular weight is 401 g/mol. The topological polar surface area (TPSA) is 62.6 Å². The van der Waals surface area contributed by atoms with Crippen molar-refractivity contribution in [1.82, 2.24) is 20.2 Å². The fraction of sp³-hybridized carbons (Fsp3) is 0.471. The fourth-order valence-electron chi connectivity index (χ4n) is 2.20. The van der Waals surface area contributed by atoms with Crippen molar-refractivity contribution in [3.05, 3.63) is 40.0 Å². The highest BCUT2D eigenvalue weighted by atomic mass is 32.1. The third kappa shape index (κ3) is 6.70. The van der Waals surface area contributed by atoms with Crippen molar-refractivity contribution in [3.8, 4) is 5.88 Å². The van der Waals surface area contributed by atoms with Crippen molar-refractivity contribution in [2.45, 2.75) is 26.6 Å². The van der Waals surface area contributed by atoms with Gasteiger partial charge in [-0.3, -0.25) is 0 Å². The predicted molar refractivity (Wildman–Crippen MR) is 99.0 cm³/mol. The molecule has 0 aliphatic heterocycles. The van der Waals surface area contributed by atoms with Crippen LogP contribution in [0.15, 0.2) is 28.7 Å². The lowest BCUT2D eigenvalue weighted by Gasteiger charge is -2.21. The Morgan fingerprint density at radius 3 is 2.70 bits per heavy atom. The molecule has 0 spiro atoms. The zero-order valence-corrected chi connectivity index (χ0v) is 16.2. The molecule has 0 atom stereocenters. The summed E-state index contributed by atoms with van der Waals surface area (Å²) in [6.07, 6.45) is -3.65. The number of hydrogen-bond acceptors (Lipinski definition) is 5. The third-order valence-corrected chi connectivity index (χ3v) is 4.25. The summed E-state index contributed by atoms with van der Waals surface area (Å²) >= 11 is 1.60. The van der Waals surface area contributed by atoms with Crippen LogP contribution in [0, 0.1) is 6.92 Å². The first-order chi connectivity index (χ1) is 12.8. The minimum absolute atomic E-state index is 0.134. The molecule has 10 heteroatoms. The molecule has 0 saturated carbocycles. The number of thiazole rings is 1. The number of nitrogens with one attached hydrogen (secondary N) is 1. The van der Waals surface area contributed by atoms with Crippen LogP contribution in [0.2, 0.25) is 0 Å². The predicted octanol–water partition coefficient (Wildman–Crippen LogP) is 3.34. The van der Waals surface area contributed by atoms with Crippen LogP contribution >= 0.6 is 11.3 Å². The first-order valence-electron chi connectivity index (χ1n) is 8.36. The molecule has 2 rings (SSSR count). The molecule has 0 aromatic carbocycles. The van der Waals surface area contributed by atoms with Gasteiger partial charge in [-0.1, -0.05) is 0 Å². The monoisotopic (exact) mass is 401 g/mol. The van der Waals surface area contributed by atoms with Crippen molar-refractivity contribution in [3.63, 3.8) is 0 Å². The lowest BCUT2D eigenvalue weighted by molar-refractivity contribution is -0.137. The standard InChI is InChI=1S/C17H22F3N5OS/c1-4-21-16(25(3)10-14-11-27-12(2)24-14)22-7-8-26-15-6-5-13(9-23-15)17(18,19)20/h5-6,9,11H,4,7-8,10H2,1-3H3,(H,21,22). The Morgan fingerprint density at radius 1 is 1.37 bits per heavy atom. The van der Waals surface area contributed by atoms with E-state index in [9.17, 15) is 13.2 Å². The molecule has 148 valence electrons. The normalized spacial score (nSPS) is 12.1. The Hall–Kier alpha value is -2.36. The second-order valence-electron chi connectivity index (χ2n) is 5.68. The number of aliphatic imine (C=N–C) groups is 1. The molecule has 0 bridgehead atoms. The molecule has 0 fully saturated rings. The van der Waals surface area contributed by atoms with Gasteiger partial charge in [0.2, 0.25) is 5.88 Å². The Morgan fingerprint density at radius 2 is 2.15 bits per heavy atom. The summed E-state index contributed by atoms with van der Waals surface area (Å²) in [4.78, 5) is 14.5. The molecule has 0 unspecified atom stereocenters. The summed E-state index contributed by atoms with van der Waals surface area (Å²) in [6, 6.07) is 2.15. The van der Waals surface area contributed by atoms with E-state index in [0.29, 0.717) is 25.6 Å². The zero-order chi connectivity index (χ0) is 19.9. The van der Waals surface area contributed by atoms with E-state index in [4.69, 9.17) is 4.74 Å². The molecule has 2 aromatic rings. The maximum Gasteiger partial charge on any atom is 0.417 e. The molecule has 0 aliphatic carbocycles. The van der Waals surface area contributed by atoms with Crippen LogP contribution in [0.5, 0.6) is 5.88 Å². The van der Waals surface area contributed by atoms with Gasteiger partial charge >= 0.3 is 6.18 Å². The van der Waals surface area contributed by atoms with Crippen molar-refractivity contribution < 1.29 is 17.9 Å². The lowest BCUT2D eigenvalue weighted by Crippen LogP contribution is -2.38. The maximum absolute atomic E-state index is 12.5. The fourth-order valence-corrected chi connectivity index (χ4v) is 2.81. The van der Waals surface area contributed by atoms with Gasteiger partial charge in [0.25, 0.3) is 0 Å². The van der Waals surface area contributed by atoms with E-state index >= 15 is 0 Å². The number of halogens is 3. The molecule has 6 nitrogen and oxygen atoms in total. The van der Waals surface area contributed by atoms with Crippen LogP contribution in [0.3, 0.4) is 0 Å². The number of pyridine rings is 1. The number of nitrogens with zero attached hydrogens (tertiary/aromatic N) is 4. The molecule has 27 heavy (non-hydrogen) atoms. The number of rotatable bonds is 7. The number of hydrogen-bond donors (Lipinski definition) is 1. The molecule has 0 aliphatic rings. The molecule has 2 heterocycles. The van der Waals surface area contributed by atoms with Gasteiger partial charge in [-0.2, -0.15) is 13.2 Å². The number of aromatic nitrogens is 2. The van der Waals surface area contributed by atoms with Gasteiger partial charge in [0.1, 0.15) is 6.61 Å². The summed E-state index contributed by atoms with van der Waals surface area (Å²) in [5.74, 6) is 0.835. The molecule has 0 radical (unpaired) electrons. The summed E-state index contributed by atoms with van der Waals surface area (Å²) in [5, 5.41) is 6.21. The van der Waals surface area contributed by atoms with Crippen molar-refractivity contribution in [2.24, 2.45) is 4.99 Å². The van der Waals surface area contributed by atoms with E-state index < -0.39 is 11.7 Å². The van der Waals surface area contributed by atoms with Gasteiger partial charge in [-0.15, -0.1) is 11.3 Å². The van der Waals surface area contributed by atoms with E-state index in [1.165, 1.54) is 6.07 Å². The second-order valence-corrected chi connectivity index (χ2v) is 6.74. The Kier molecular flexibility index (Phi) is 7.40. The molecular formula is C17H22F3N5OS. The minimum Gasteiger partial charge on any atom is -0.476 e. The quantitative estimate of drug-likeness (QED) is 0.438. The zero-order valence-electron chi connectivity index (χ0n) is 15.4. The number of alkyl halides is 3. The summed E-state index contributed by atoms with van der Waals surface area (Å²) in [6.45, 7) is 5.81. The molecular weight excluding hydrogens is 379 g/mol. The second kappa shape index (κ2) is 9.54. The van der Waals surface area contributed by atoms with Gasteiger partial charge in [0.05, 0.1) is 29.4 Å². The smallest absolute Gasteiger partial charge is 0.417 e. The number of ether oxygens (including phenoxy) is 1. The lowest BCUT2D eigenvalue weighted by atomic mass is 10.3. The summed E-state index contributed by atoms with van der Waals surface area (Å²) < 4.78 is 42.9. The summed E-state index contributed by atoms with van der Waals surface area (Å²) in [5.41, 5.74) is 0.164. The van der Waals surface area contributed by atoms with E-state index in [2.05, 4.69) is 20.3 Å². The molecule has 2 aromatic heterocycles. The number of aryl methyl sites for hydroxylation is 1. The highest BCUT2D eigenvalue weighted by molar-refractivity contribution is 7.09. The Labute approximate surface area is 160 Å². The van der Waals surface area contributed by atoms with Gasteiger partial charge in [0.15, 0.2) is 5.96 Å². The Bertz CT molecular complexity index is 746. The Balaban J connectivity index is 1.87. The molecule has 0 amide bonds. The minimum atomic E-state index is -4.41. The number of guanidine groups is 1. The van der Waals surface area contributed by atoms with E-state index in [1.54, 1.807) is 11.3 Å². The maximum atomic E-state index is 12.5. The largest absolute Gasteiger partial charge is 0.476 e. The van der Waals surface area contributed by atoms with Crippen LogP contribution in [-0.4, -0.2) is 47.6 Å². The van der Waals surface area contributed by atoms with E-state index in [1.807, 2.05) is 31.2 Å². The van der Waals surface area contributed by atoms with Crippen molar-refractivity contribution in [1.29, 1.82) is 0 Å². The van der Waals surface area contributed by atoms with Gasteiger partial charge < -0.3 is 15.0 Å². The van der Waals surface area contributed by atoms with Gasteiger partial charge in [-0.25, -0.2) is 15.0 Å². The third-order valence-electron chi connectivity index (χ3n) is 3.43. The highest BCUT2D eigenvalue weighted by Crippen LogP contribution is 2.29. The first-order valence-corrected chi connectivity index (χ1v) is 9.24. The summed E-state index contributed by atoms with van der Waals surface area (Å²) in [7, 11) is 1.91. The SMILES string of the molecule is CCNC(=NCCOc1ccc(C(F)(F)F)cn1)N(C)Cc1csc(C)n1. The van der Waals surface area contributed by atoms with Crippen LogP contribution in [0.4, 0.5) is 13.2 Å². The van der Waals surface area contributed by atoms with Crippen LogP contribution in [0.1, 0.15) is 23.2 Å². The molecule has 0 saturated heterocycles. The first kappa shape index (κ1) is 20.9. The van der Waals surface area contributed by atoms with Gasteiger partial charge in [-0.05, 0) is 19.9 Å². The van der Waals surface area contributed by atoms with Crippen molar-refractivity contribution in [2.75, 3.05) is 26.7 Å². The van der Waals surface area contributed by atoms with Crippen LogP contribution in [0.25, 0.3) is 0 Å². The van der Waals surface area contributed by atoms with E-state index in [-0.39, 0.29) is 12.5 Å². The molecule has 1 N–H and O–H groups in total. The van der Waals surface area contributed by atoms with Crippen molar-refractivity contribution >= 4 is 17.3 Å². The van der Waals surface area contributed by atoms with Crippen LogP contribution < -0.4 is 10.1 Å². The van der Waals surface area contributed by atoms with E-state index in [0.717, 1.165) is 23.0 Å². The highest BCUT2D eigenvalue weighted by Gasteiger charge is 2.30. The average Bonchev–Trinajstić information content (AvgIpc) is 3.02.